The lowest BCUT2D eigenvalue weighted by molar-refractivity contribution is 0.251. The van der Waals surface area contributed by atoms with E-state index in [9.17, 15) is 18.6 Å². The van der Waals surface area contributed by atoms with Crippen LogP contribution in [0.25, 0.3) is 0 Å². The fraction of sp³-hybridized carbons (Fsp3) is 0.500. The highest BCUT2D eigenvalue weighted by molar-refractivity contribution is 7.89. The van der Waals surface area contributed by atoms with E-state index in [1.54, 1.807) is 0 Å². The molecule has 0 atom stereocenters. The Balaban J connectivity index is 2.35. The molecule has 1 aliphatic heterocycles. The number of hydrogen-bond donors (Lipinski definition) is 2. The number of sulfonamides is 1. The Morgan fingerprint density at radius 2 is 1.90 bits per heavy atom. The van der Waals surface area contributed by atoms with Crippen LogP contribution < -0.4 is 0 Å². The van der Waals surface area contributed by atoms with Gasteiger partial charge < -0.3 is 10.2 Å². The molecule has 6 nitrogen and oxygen atoms in total. The van der Waals surface area contributed by atoms with Gasteiger partial charge in [0.25, 0.3) is 0 Å². The second kappa shape index (κ2) is 5.40. The first-order chi connectivity index (χ1) is 9.25. The average molecular weight is 321 g/mol. The van der Waals surface area contributed by atoms with Crippen molar-refractivity contribution < 1.29 is 18.6 Å². The quantitative estimate of drug-likeness (QED) is 0.823. The Morgan fingerprint density at radius 3 is 2.45 bits per heavy atom. The van der Waals surface area contributed by atoms with E-state index in [4.69, 9.17) is 11.6 Å². The summed E-state index contributed by atoms with van der Waals surface area (Å²) in [4.78, 5) is 1.83. The maximum atomic E-state index is 12.5. The van der Waals surface area contributed by atoms with Gasteiger partial charge in [0, 0.05) is 19.1 Å². The molecule has 0 aromatic heterocycles. The normalized spacial score (nSPS) is 18.0. The summed E-state index contributed by atoms with van der Waals surface area (Å²) in [6, 6.07) is 2.56. The van der Waals surface area contributed by atoms with Crippen molar-refractivity contribution in [2.45, 2.75) is 24.8 Å². The molecule has 0 spiro atoms. The van der Waals surface area contributed by atoms with Crippen LogP contribution in [0.4, 0.5) is 0 Å². The molecular weight excluding hydrogens is 304 g/mol. The van der Waals surface area contributed by atoms with Crippen LogP contribution in [-0.2, 0) is 10.0 Å². The summed E-state index contributed by atoms with van der Waals surface area (Å²) >= 11 is 5.83. The van der Waals surface area contributed by atoms with E-state index in [0.717, 1.165) is 6.07 Å². The molecule has 0 radical (unpaired) electrons. The molecule has 112 valence electrons. The summed E-state index contributed by atoms with van der Waals surface area (Å²) < 4.78 is 26.3. The van der Waals surface area contributed by atoms with Crippen LogP contribution in [0.15, 0.2) is 17.0 Å². The summed E-state index contributed by atoms with van der Waals surface area (Å²) in [5, 5.41) is 18.5. The Labute approximate surface area is 123 Å². The minimum atomic E-state index is -3.79. The standard InChI is InChI=1S/C12H17ClN2O4S/c1-8(2)14-5-6-15(7-14)20(18,19)10-4-3-9(16)12(17)11(10)13/h3-4,8,16-17H,5-7H2,1-2H3. The molecular formula is C12H17ClN2O4S. The second-order valence-corrected chi connectivity index (χ2v) is 7.26. The van der Waals surface area contributed by atoms with E-state index in [1.165, 1.54) is 10.4 Å². The van der Waals surface area contributed by atoms with Crippen molar-refractivity contribution in [3.63, 3.8) is 0 Å². The number of phenols is 2. The Hall–Kier alpha value is -1.02. The highest BCUT2D eigenvalue weighted by Gasteiger charge is 2.34. The van der Waals surface area contributed by atoms with Crippen LogP contribution in [0.1, 0.15) is 13.8 Å². The summed E-state index contributed by atoms with van der Waals surface area (Å²) in [5.74, 6) is -1.06. The van der Waals surface area contributed by atoms with Gasteiger partial charge in [-0.3, -0.25) is 4.90 Å². The molecule has 1 aromatic carbocycles. The smallest absolute Gasteiger partial charge is 0.245 e. The van der Waals surface area contributed by atoms with E-state index in [2.05, 4.69) is 0 Å². The minimum absolute atomic E-state index is 0.194. The molecule has 0 aliphatic carbocycles. The van der Waals surface area contributed by atoms with E-state index in [1.807, 2.05) is 18.7 Å². The number of halogens is 1. The number of benzene rings is 1. The molecule has 1 heterocycles. The first-order valence-corrected chi connectivity index (χ1v) is 8.01. The molecule has 0 unspecified atom stereocenters. The van der Waals surface area contributed by atoms with Crippen LogP contribution in [0.3, 0.4) is 0 Å². The van der Waals surface area contributed by atoms with E-state index in [-0.39, 0.29) is 22.6 Å². The van der Waals surface area contributed by atoms with Gasteiger partial charge >= 0.3 is 0 Å². The van der Waals surface area contributed by atoms with Gasteiger partial charge in [-0.15, -0.1) is 0 Å². The topological polar surface area (TPSA) is 81.1 Å². The number of aromatic hydroxyl groups is 2. The van der Waals surface area contributed by atoms with E-state index in [0.29, 0.717) is 13.1 Å². The molecule has 0 amide bonds. The fourth-order valence-corrected chi connectivity index (χ4v) is 3.99. The van der Waals surface area contributed by atoms with Crippen molar-refractivity contribution in [2.24, 2.45) is 0 Å². The first kappa shape index (κ1) is 15.4. The van der Waals surface area contributed by atoms with Gasteiger partial charge in [0.2, 0.25) is 10.0 Å². The predicted molar refractivity (Wildman–Crippen MR) is 75.4 cm³/mol. The predicted octanol–water partition coefficient (Wildman–Crippen LogP) is 1.42. The molecule has 0 bridgehead atoms. The maximum Gasteiger partial charge on any atom is 0.245 e. The third-order valence-electron chi connectivity index (χ3n) is 3.38. The van der Waals surface area contributed by atoms with Crippen LogP contribution in [0.5, 0.6) is 11.5 Å². The van der Waals surface area contributed by atoms with Crippen LogP contribution >= 0.6 is 11.6 Å². The van der Waals surface area contributed by atoms with E-state index < -0.39 is 21.5 Å². The highest BCUT2D eigenvalue weighted by atomic mass is 35.5. The third-order valence-corrected chi connectivity index (χ3v) is 5.75. The SMILES string of the molecule is CC(C)N1CCN(S(=O)(=O)c2ccc(O)c(O)c2Cl)C1. The molecule has 1 aromatic rings. The Bertz CT molecular complexity index is 618. The zero-order chi connectivity index (χ0) is 15.1. The molecule has 1 saturated heterocycles. The Kier molecular flexibility index (Phi) is 4.15. The van der Waals surface area contributed by atoms with Crippen molar-refractivity contribution in [3.05, 3.63) is 17.2 Å². The summed E-state index contributed by atoms with van der Waals surface area (Å²) in [5.41, 5.74) is 0. The van der Waals surface area contributed by atoms with Crippen LogP contribution in [0, 0.1) is 0 Å². The number of phenolic OH excluding ortho intramolecular Hbond substituents is 2. The molecule has 2 rings (SSSR count). The molecule has 1 fully saturated rings. The minimum Gasteiger partial charge on any atom is -0.504 e. The highest BCUT2D eigenvalue weighted by Crippen LogP contribution is 2.38. The number of hydrogen-bond acceptors (Lipinski definition) is 5. The van der Waals surface area contributed by atoms with Gasteiger partial charge in [0.15, 0.2) is 11.5 Å². The second-order valence-electron chi connectivity index (χ2n) is 4.97. The van der Waals surface area contributed by atoms with Crippen molar-refractivity contribution in [1.82, 2.24) is 9.21 Å². The molecule has 2 N–H and O–H groups in total. The van der Waals surface area contributed by atoms with E-state index >= 15 is 0 Å². The van der Waals surface area contributed by atoms with Crippen molar-refractivity contribution >= 4 is 21.6 Å². The zero-order valence-electron chi connectivity index (χ0n) is 11.2. The van der Waals surface area contributed by atoms with Gasteiger partial charge in [0.05, 0.1) is 6.67 Å². The molecule has 20 heavy (non-hydrogen) atoms. The summed E-state index contributed by atoms with van der Waals surface area (Å²) in [7, 11) is -3.79. The van der Waals surface area contributed by atoms with Crippen molar-refractivity contribution in [1.29, 1.82) is 0 Å². The molecule has 0 saturated carbocycles. The average Bonchev–Trinajstić information content (AvgIpc) is 2.86. The largest absolute Gasteiger partial charge is 0.504 e. The fourth-order valence-electron chi connectivity index (χ4n) is 2.08. The van der Waals surface area contributed by atoms with Gasteiger partial charge in [-0.1, -0.05) is 11.6 Å². The number of nitrogens with zero attached hydrogens (tertiary/aromatic N) is 2. The number of rotatable bonds is 3. The summed E-state index contributed by atoms with van der Waals surface area (Å²) in [6.07, 6.45) is 0. The first-order valence-electron chi connectivity index (χ1n) is 6.19. The lowest BCUT2D eigenvalue weighted by atomic mass is 10.3. The maximum absolute atomic E-state index is 12.5. The van der Waals surface area contributed by atoms with Gasteiger partial charge in [0.1, 0.15) is 9.92 Å². The van der Waals surface area contributed by atoms with Crippen LogP contribution in [-0.4, -0.2) is 53.6 Å². The lowest BCUT2D eigenvalue weighted by Gasteiger charge is -2.21. The van der Waals surface area contributed by atoms with Crippen LogP contribution in [0.2, 0.25) is 5.02 Å². The zero-order valence-corrected chi connectivity index (χ0v) is 12.8. The van der Waals surface area contributed by atoms with Crippen molar-refractivity contribution in [3.8, 4) is 11.5 Å². The monoisotopic (exact) mass is 320 g/mol. The molecule has 8 heteroatoms. The summed E-state index contributed by atoms with van der Waals surface area (Å²) in [6.45, 7) is 5.31. The Morgan fingerprint density at radius 1 is 1.25 bits per heavy atom. The van der Waals surface area contributed by atoms with Gasteiger partial charge in [-0.25, -0.2) is 8.42 Å². The molecule has 1 aliphatic rings. The van der Waals surface area contributed by atoms with Gasteiger partial charge in [-0.05, 0) is 26.0 Å². The lowest BCUT2D eigenvalue weighted by Crippen LogP contribution is -2.34. The van der Waals surface area contributed by atoms with Crippen molar-refractivity contribution in [2.75, 3.05) is 19.8 Å². The third kappa shape index (κ3) is 2.58. The van der Waals surface area contributed by atoms with Gasteiger partial charge in [-0.2, -0.15) is 4.31 Å².